The van der Waals surface area contributed by atoms with Crippen molar-refractivity contribution in [2.45, 2.75) is 44.4 Å². The monoisotopic (exact) mass is 302 g/mol. The van der Waals surface area contributed by atoms with Gasteiger partial charge >= 0.3 is 11.7 Å². The van der Waals surface area contributed by atoms with E-state index in [-0.39, 0.29) is 11.7 Å². The molecule has 1 rings (SSSR count). The van der Waals surface area contributed by atoms with E-state index in [0.717, 1.165) is 6.42 Å². The van der Waals surface area contributed by atoms with Crippen molar-refractivity contribution >= 4 is 17.7 Å². The summed E-state index contributed by atoms with van der Waals surface area (Å²) in [5.41, 5.74) is -1.03. The van der Waals surface area contributed by atoms with Crippen LogP contribution >= 0.6 is 11.8 Å². The first-order chi connectivity index (χ1) is 9.48. The molecule has 0 radical (unpaired) electrons. The van der Waals surface area contributed by atoms with Gasteiger partial charge in [0.05, 0.1) is 7.11 Å². The number of H-pyrrole nitrogens is 1. The van der Waals surface area contributed by atoms with Crippen LogP contribution in [0.2, 0.25) is 0 Å². The number of carbonyl (C=O) groups excluding carboxylic acids is 1. The number of esters is 1. The predicted molar refractivity (Wildman–Crippen MR) is 78.0 cm³/mol. The van der Waals surface area contributed by atoms with Crippen LogP contribution in [0, 0.1) is 0 Å². The van der Waals surface area contributed by atoms with Gasteiger partial charge in [-0.25, -0.2) is 9.89 Å². The molecule has 1 atom stereocenters. The van der Waals surface area contributed by atoms with Gasteiger partial charge in [-0.05, 0) is 19.9 Å². The van der Waals surface area contributed by atoms with Crippen molar-refractivity contribution in [3.8, 4) is 0 Å². The lowest BCUT2D eigenvalue weighted by Crippen LogP contribution is -2.52. The second kappa shape index (κ2) is 7.49. The first kappa shape index (κ1) is 16.8. The summed E-state index contributed by atoms with van der Waals surface area (Å²) in [7, 11) is 1.37. The molecule has 0 saturated heterocycles. The van der Waals surface area contributed by atoms with Gasteiger partial charge in [-0.1, -0.05) is 25.6 Å². The molecule has 0 aliphatic carbocycles. The summed E-state index contributed by atoms with van der Waals surface area (Å²) in [4.78, 5) is 23.5. The summed E-state index contributed by atoms with van der Waals surface area (Å²) in [5.74, 6) is 0.105. The third-order valence-corrected chi connectivity index (χ3v) is 4.15. The van der Waals surface area contributed by atoms with Crippen molar-refractivity contribution < 1.29 is 9.53 Å². The molecule has 114 valence electrons. The van der Waals surface area contributed by atoms with E-state index < -0.39 is 5.54 Å². The Labute approximate surface area is 122 Å². The van der Waals surface area contributed by atoms with E-state index in [1.54, 1.807) is 11.5 Å². The van der Waals surface area contributed by atoms with Gasteiger partial charge in [0, 0.05) is 12.3 Å². The van der Waals surface area contributed by atoms with Crippen LogP contribution < -0.4 is 11.0 Å². The summed E-state index contributed by atoms with van der Waals surface area (Å²) in [6.45, 7) is 6.95. The molecule has 8 heteroatoms. The molecular formula is C12H22N4O3S. The second-order valence-electron chi connectivity index (χ2n) is 4.61. The number of aromatic nitrogens is 3. The molecule has 20 heavy (non-hydrogen) atoms. The van der Waals surface area contributed by atoms with Crippen molar-refractivity contribution in [3.63, 3.8) is 0 Å². The molecule has 0 amide bonds. The van der Waals surface area contributed by atoms with Crippen molar-refractivity contribution in [2.24, 2.45) is 0 Å². The first-order valence-electron chi connectivity index (χ1n) is 6.60. The van der Waals surface area contributed by atoms with E-state index in [1.807, 2.05) is 13.8 Å². The topological polar surface area (TPSA) is 89.0 Å². The van der Waals surface area contributed by atoms with Crippen LogP contribution in [0.25, 0.3) is 0 Å². The van der Waals surface area contributed by atoms with Gasteiger partial charge in [-0.3, -0.25) is 9.36 Å². The first-order valence-corrected chi connectivity index (χ1v) is 7.58. The van der Waals surface area contributed by atoms with Crippen molar-refractivity contribution in [1.82, 2.24) is 20.1 Å². The van der Waals surface area contributed by atoms with E-state index in [2.05, 4.69) is 15.5 Å². The quantitative estimate of drug-likeness (QED) is 0.540. The Balaban J connectivity index is 2.82. The highest BCUT2D eigenvalue weighted by Gasteiger charge is 2.34. The maximum Gasteiger partial charge on any atom is 0.343 e. The number of rotatable bonds is 8. The smallest absolute Gasteiger partial charge is 0.343 e. The van der Waals surface area contributed by atoms with Gasteiger partial charge in [0.15, 0.2) is 5.16 Å². The van der Waals surface area contributed by atoms with Gasteiger partial charge in [-0.15, -0.1) is 5.10 Å². The van der Waals surface area contributed by atoms with E-state index in [9.17, 15) is 9.59 Å². The van der Waals surface area contributed by atoms with Gasteiger partial charge in [0.2, 0.25) is 0 Å². The number of aromatic amines is 1. The molecule has 0 aliphatic rings. The largest absolute Gasteiger partial charge is 0.468 e. The van der Waals surface area contributed by atoms with Crippen LogP contribution in [-0.2, 0) is 16.1 Å². The minimum atomic E-state index is -0.805. The minimum absolute atomic E-state index is 0.224. The number of nitrogens with one attached hydrogen (secondary N) is 2. The molecule has 0 fully saturated rings. The molecule has 1 aromatic heterocycles. The van der Waals surface area contributed by atoms with Crippen molar-refractivity contribution in [2.75, 3.05) is 19.4 Å². The van der Waals surface area contributed by atoms with Crippen LogP contribution in [0.15, 0.2) is 9.95 Å². The predicted octanol–water partition coefficient (Wildman–Crippen LogP) is 0.615. The SMILES string of the molecule is CCCn1c(SCC(C)(NCC)C(=O)OC)n[nH]c1=O. The van der Waals surface area contributed by atoms with Gasteiger partial charge in [0.25, 0.3) is 0 Å². The fourth-order valence-corrected chi connectivity index (χ4v) is 2.92. The molecular weight excluding hydrogens is 280 g/mol. The lowest BCUT2D eigenvalue weighted by molar-refractivity contribution is -0.146. The summed E-state index contributed by atoms with van der Waals surface area (Å²) in [5, 5.41) is 10.1. The number of methoxy groups -OCH3 is 1. The standard InChI is InChI=1S/C12H22N4O3S/c1-5-7-16-10(18)14-15-11(16)20-8-12(3,13-6-2)9(17)19-4/h13H,5-8H2,1-4H3,(H,14,18). The van der Waals surface area contributed by atoms with Crippen LogP contribution in [0.1, 0.15) is 27.2 Å². The molecule has 7 nitrogen and oxygen atoms in total. The number of likely N-dealkylation sites (N-methyl/N-ethyl adjacent to an activating group) is 1. The number of hydrogen-bond acceptors (Lipinski definition) is 6. The zero-order chi connectivity index (χ0) is 15.2. The maximum absolute atomic E-state index is 11.9. The number of ether oxygens (including phenoxy) is 1. The van der Waals surface area contributed by atoms with Crippen molar-refractivity contribution in [1.29, 1.82) is 0 Å². The molecule has 1 unspecified atom stereocenters. The Morgan fingerprint density at radius 2 is 2.25 bits per heavy atom. The van der Waals surface area contributed by atoms with E-state index in [4.69, 9.17) is 4.74 Å². The van der Waals surface area contributed by atoms with Gasteiger partial charge in [-0.2, -0.15) is 0 Å². The maximum atomic E-state index is 11.9. The number of nitrogens with zero attached hydrogens (tertiary/aromatic N) is 2. The average molecular weight is 302 g/mol. The molecule has 0 spiro atoms. The zero-order valence-corrected chi connectivity index (χ0v) is 13.2. The van der Waals surface area contributed by atoms with Crippen LogP contribution in [-0.4, -0.2) is 45.7 Å². The summed E-state index contributed by atoms with van der Waals surface area (Å²) in [6.07, 6.45) is 0.842. The minimum Gasteiger partial charge on any atom is -0.468 e. The Morgan fingerprint density at radius 3 is 2.80 bits per heavy atom. The third kappa shape index (κ3) is 3.86. The normalized spacial score (nSPS) is 14.0. The Hall–Kier alpha value is -1.28. The molecule has 1 heterocycles. The van der Waals surface area contributed by atoms with E-state index >= 15 is 0 Å². The summed E-state index contributed by atoms with van der Waals surface area (Å²) in [6, 6.07) is 0. The highest BCUT2D eigenvalue weighted by molar-refractivity contribution is 7.99. The van der Waals surface area contributed by atoms with Gasteiger partial charge in [0.1, 0.15) is 5.54 Å². The Bertz CT molecular complexity index is 499. The second-order valence-corrected chi connectivity index (χ2v) is 5.55. The van der Waals surface area contributed by atoms with Crippen LogP contribution in [0.4, 0.5) is 0 Å². The molecule has 0 saturated carbocycles. The average Bonchev–Trinajstić information content (AvgIpc) is 2.78. The molecule has 0 aromatic carbocycles. The number of hydrogen-bond donors (Lipinski definition) is 2. The molecule has 2 N–H and O–H groups in total. The third-order valence-electron chi connectivity index (χ3n) is 2.86. The molecule has 0 bridgehead atoms. The number of thioether (sulfide) groups is 1. The Morgan fingerprint density at radius 1 is 1.55 bits per heavy atom. The zero-order valence-electron chi connectivity index (χ0n) is 12.4. The fraction of sp³-hybridized carbons (Fsp3) is 0.750. The van der Waals surface area contributed by atoms with Crippen LogP contribution in [0.5, 0.6) is 0 Å². The lowest BCUT2D eigenvalue weighted by atomic mass is 10.1. The lowest BCUT2D eigenvalue weighted by Gasteiger charge is -2.26. The van der Waals surface area contributed by atoms with Gasteiger partial charge < -0.3 is 10.1 Å². The highest BCUT2D eigenvalue weighted by Crippen LogP contribution is 2.21. The Kier molecular flexibility index (Phi) is 6.28. The summed E-state index contributed by atoms with van der Waals surface area (Å²) >= 11 is 1.36. The molecule has 1 aromatic rings. The highest BCUT2D eigenvalue weighted by atomic mass is 32.2. The van der Waals surface area contributed by atoms with E-state index in [0.29, 0.717) is 24.0 Å². The number of carbonyl (C=O) groups is 1. The van der Waals surface area contributed by atoms with E-state index in [1.165, 1.54) is 18.9 Å². The van der Waals surface area contributed by atoms with Crippen LogP contribution in [0.3, 0.4) is 0 Å². The molecule has 0 aliphatic heterocycles. The fourth-order valence-electron chi connectivity index (χ4n) is 1.84. The summed E-state index contributed by atoms with van der Waals surface area (Å²) < 4.78 is 6.41. The van der Waals surface area contributed by atoms with Crippen molar-refractivity contribution in [3.05, 3.63) is 10.5 Å².